The van der Waals surface area contributed by atoms with Crippen molar-refractivity contribution in [3.63, 3.8) is 0 Å². The van der Waals surface area contributed by atoms with Gasteiger partial charge >= 0.3 is 11.0 Å². The first-order valence-electron chi connectivity index (χ1n) is 2.90. The first-order valence-corrected chi connectivity index (χ1v) is 6.43. The highest BCUT2D eigenvalue weighted by molar-refractivity contribution is 8.11. The van der Waals surface area contributed by atoms with Crippen LogP contribution in [0.5, 0.6) is 0 Å². The minimum atomic E-state index is -6.66. The average Bonchev–Trinajstić information content (AvgIpc) is 1.98. The summed E-state index contributed by atoms with van der Waals surface area (Å²) in [6, 6.07) is 0. The van der Waals surface area contributed by atoms with Crippen LogP contribution in [-0.2, 0) is 19.7 Å². The standard InChI is InChI=1S/C3HClF6O4S2/c4-1(15(11,12)2(5,6)7)16(13,14)3(8,9)10/h1H. The van der Waals surface area contributed by atoms with Gasteiger partial charge in [0.15, 0.2) is 0 Å². The first kappa shape index (κ1) is 15.8. The minimum Gasteiger partial charge on any atom is -0.217 e. The molecule has 0 radical (unpaired) electrons. The van der Waals surface area contributed by atoms with Crippen LogP contribution in [0.1, 0.15) is 0 Å². The van der Waals surface area contributed by atoms with E-state index in [4.69, 9.17) is 0 Å². The van der Waals surface area contributed by atoms with Crippen LogP contribution in [-0.4, -0.2) is 31.9 Å². The molecule has 0 heterocycles. The second kappa shape index (κ2) is 3.91. The highest BCUT2D eigenvalue weighted by Gasteiger charge is 2.62. The van der Waals surface area contributed by atoms with E-state index in [-0.39, 0.29) is 0 Å². The smallest absolute Gasteiger partial charge is 0.217 e. The molecule has 0 aromatic rings. The normalized spacial score (nSPS) is 15.5. The summed E-state index contributed by atoms with van der Waals surface area (Å²) in [4.78, 5) is 0. The molecule has 0 bridgehead atoms. The molecular formula is C3HClF6O4S2. The van der Waals surface area contributed by atoms with Crippen molar-refractivity contribution in [3.05, 3.63) is 0 Å². The molecule has 0 aromatic carbocycles. The van der Waals surface area contributed by atoms with Crippen molar-refractivity contribution in [1.29, 1.82) is 0 Å². The Balaban J connectivity index is 5.70. The molecule has 13 heteroatoms. The summed E-state index contributed by atoms with van der Waals surface area (Å²) in [5, 5.41) is 0. The Morgan fingerprint density at radius 1 is 0.750 bits per heavy atom. The third-order valence-electron chi connectivity index (χ3n) is 1.13. The van der Waals surface area contributed by atoms with E-state index in [9.17, 15) is 43.2 Å². The van der Waals surface area contributed by atoms with Gasteiger partial charge in [-0.2, -0.15) is 26.3 Å². The van der Waals surface area contributed by atoms with E-state index in [0.29, 0.717) is 0 Å². The summed E-state index contributed by atoms with van der Waals surface area (Å²) in [7, 11) is -13.3. The molecule has 0 N–H and O–H groups in total. The van der Waals surface area contributed by atoms with Gasteiger partial charge in [-0.25, -0.2) is 16.8 Å². The summed E-state index contributed by atoms with van der Waals surface area (Å²) in [6.07, 6.45) is 0. The Labute approximate surface area is 90.0 Å². The molecule has 0 saturated heterocycles. The van der Waals surface area contributed by atoms with Crippen LogP contribution >= 0.6 is 11.6 Å². The highest BCUT2D eigenvalue weighted by Crippen LogP contribution is 2.37. The van der Waals surface area contributed by atoms with Crippen LogP contribution in [0, 0.1) is 0 Å². The third-order valence-corrected chi connectivity index (χ3v) is 6.33. The second-order valence-corrected chi connectivity index (χ2v) is 7.56. The molecule has 0 rings (SSSR count). The Morgan fingerprint density at radius 2 is 0.938 bits per heavy atom. The predicted octanol–water partition coefficient (Wildman–Crippen LogP) is 1.38. The van der Waals surface area contributed by atoms with E-state index in [1.165, 1.54) is 0 Å². The fraction of sp³-hybridized carbons (Fsp3) is 1.00. The van der Waals surface area contributed by atoms with E-state index in [1.54, 1.807) is 0 Å². The molecule has 0 aliphatic rings. The van der Waals surface area contributed by atoms with Crippen LogP contribution < -0.4 is 0 Å². The Kier molecular flexibility index (Phi) is 3.85. The Morgan fingerprint density at radius 3 is 1.06 bits per heavy atom. The van der Waals surface area contributed by atoms with Gasteiger partial charge in [-0.05, 0) is 0 Å². The molecule has 0 fully saturated rings. The molecule has 4 nitrogen and oxygen atoms in total. The predicted molar refractivity (Wildman–Crippen MR) is 39.6 cm³/mol. The van der Waals surface area contributed by atoms with E-state index >= 15 is 0 Å². The van der Waals surface area contributed by atoms with Crippen LogP contribution in [0.15, 0.2) is 0 Å². The van der Waals surface area contributed by atoms with Gasteiger partial charge in [-0.1, -0.05) is 11.6 Å². The van der Waals surface area contributed by atoms with Crippen molar-refractivity contribution in [3.8, 4) is 0 Å². The van der Waals surface area contributed by atoms with E-state index < -0.39 is 34.7 Å². The zero-order valence-electron chi connectivity index (χ0n) is 6.67. The lowest BCUT2D eigenvalue weighted by Crippen LogP contribution is -2.41. The highest BCUT2D eigenvalue weighted by atomic mass is 35.5. The van der Waals surface area contributed by atoms with Crippen molar-refractivity contribution < 1.29 is 43.2 Å². The molecule has 0 unspecified atom stereocenters. The fourth-order valence-corrected chi connectivity index (χ4v) is 3.39. The molecule has 16 heavy (non-hydrogen) atoms. The van der Waals surface area contributed by atoms with Crippen molar-refractivity contribution in [1.82, 2.24) is 0 Å². The zero-order chi connectivity index (χ0) is 13.6. The molecule has 0 spiro atoms. The molecule has 0 aliphatic heterocycles. The van der Waals surface area contributed by atoms with E-state index in [2.05, 4.69) is 11.6 Å². The number of sulfone groups is 2. The number of hydrogen-bond donors (Lipinski definition) is 0. The lowest BCUT2D eigenvalue weighted by molar-refractivity contribution is -0.0462. The van der Waals surface area contributed by atoms with Crippen LogP contribution in [0.3, 0.4) is 0 Å². The molecule has 98 valence electrons. The summed E-state index contributed by atoms with van der Waals surface area (Å²) in [5.41, 5.74) is -12.4. The summed E-state index contributed by atoms with van der Waals surface area (Å²) in [6.45, 7) is 0. The van der Waals surface area contributed by atoms with Crippen LogP contribution in [0.2, 0.25) is 0 Å². The number of halogens is 7. The second-order valence-electron chi connectivity index (χ2n) is 2.26. The Hall–Kier alpha value is -0.230. The molecule has 0 amide bonds. The van der Waals surface area contributed by atoms with Crippen LogP contribution in [0.4, 0.5) is 26.3 Å². The monoisotopic (exact) mass is 314 g/mol. The zero-order valence-corrected chi connectivity index (χ0v) is 9.06. The quantitative estimate of drug-likeness (QED) is 0.570. The molecule has 0 saturated carbocycles. The Bertz CT molecular complexity index is 413. The van der Waals surface area contributed by atoms with Gasteiger partial charge in [0, 0.05) is 0 Å². The minimum absolute atomic E-state index is 4.15. The lowest BCUT2D eigenvalue weighted by Gasteiger charge is -2.15. The summed E-state index contributed by atoms with van der Waals surface area (Å²) >= 11 is 4.22. The van der Waals surface area contributed by atoms with Gasteiger partial charge in [0.2, 0.25) is 0 Å². The van der Waals surface area contributed by atoms with Gasteiger partial charge in [0.1, 0.15) is 0 Å². The molecule has 0 aliphatic carbocycles. The average molecular weight is 315 g/mol. The number of rotatable bonds is 2. The van der Waals surface area contributed by atoms with Crippen LogP contribution in [0.25, 0.3) is 0 Å². The van der Waals surface area contributed by atoms with Gasteiger partial charge < -0.3 is 0 Å². The molecule has 0 aromatic heterocycles. The number of alkyl halides is 7. The molecule has 0 atom stereocenters. The maximum Gasteiger partial charge on any atom is 0.499 e. The maximum absolute atomic E-state index is 11.7. The third kappa shape index (κ3) is 2.53. The SMILES string of the molecule is O=S(=O)(C(Cl)S(=O)(=O)C(F)(F)F)C(F)(F)F. The molecular weight excluding hydrogens is 314 g/mol. The van der Waals surface area contributed by atoms with Gasteiger partial charge in [0.25, 0.3) is 23.7 Å². The fourth-order valence-electron chi connectivity index (χ4n) is 0.377. The van der Waals surface area contributed by atoms with Gasteiger partial charge in [-0.15, -0.1) is 0 Å². The van der Waals surface area contributed by atoms with Crippen molar-refractivity contribution in [2.45, 2.75) is 15.1 Å². The van der Waals surface area contributed by atoms with Gasteiger partial charge in [0.05, 0.1) is 0 Å². The summed E-state index contributed by atoms with van der Waals surface area (Å²) < 4.78 is 107. The number of hydrogen-bond acceptors (Lipinski definition) is 4. The maximum atomic E-state index is 11.7. The lowest BCUT2D eigenvalue weighted by atomic mass is 11.5. The largest absolute Gasteiger partial charge is 0.499 e. The van der Waals surface area contributed by atoms with Crippen molar-refractivity contribution in [2.75, 3.05) is 0 Å². The van der Waals surface area contributed by atoms with Crippen molar-refractivity contribution in [2.24, 2.45) is 0 Å². The van der Waals surface area contributed by atoms with Crippen molar-refractivity contribution >= 4 is 31.3 Å². The van der Waals surface area contributed by atoms with E-state index in [0.717, 1.165) is 0 Å². The topological polar surface area (TPSA) is 68.3 Å². The summed E-state index contributed by atoms with van der Waals surface area (Å²) in [5.74, 6) is 0. The van der Waals surface area contributed by atoms with E-state index in [1.807, 2.05) is 0 Å². The van der Waals surface area contributed by atoms with Gasteiger partial charge in [-0.3, -0.25) is 0 Å². The first-order chi connectivity index (χ1) is 6.65.